The Hall–Kier alpha value is -3.63. The number of aromatic nitrogens is 1. The van der Waals surface area contributed by atoms with Gasteiger partial charge in [0.2, 0.25) is 5.91 Å². The number of nitro groups is 1. The number of hydrogen-bond donors (Lipinski definition) is 2. The summed E-state index contributed by atoms with van der Waals surface area (Å²) in [6.45, 7) is 1.55. The van der Waals surface area contributed by atoms with Crippen LogP contribution in [0, 0.1) is 32.8 Å². The summed E-state index contributed by atoms with van der Waals surface area (Å²) >= 11 is 0.947. The van der Waals surface area contributed by atoms with Gasteiger partial charge in [0, 0.05) is 17.7 Å². The van der Waals surface area contributed by atoms with Crippen molar-refractivity contribution in [2.75, 3.05) is 5.73 Å². The molecule has 9 nitrogen and oxygen atoms in total. The molecule has 130 valence electrons. The summed E-state index contributed by atoms with van der Waals surface area (Å²) < 4.78 is 0. The second-order valence-corrected chi connectivity index (χ2v) is 6.45. The second kappa shape index (κ2) is 7.51. The number of carbonyl (C=O) groups excluding carboxylic acids is 1. The highest BCUT2D eigenvalue weighted by Crippen LogP contribution is 2.37. The van der Waals surface area contributed by atoms with Crippen LogP contribution < -0.4 is 11.5 Å². The molecule has 0 saturated heterocycles. The fourth-order valence-corrected chi connectivity index (χ4v) is 3.02. The van der Waals surface area contributed by atoms with Crippen LogP contribution in [0.5, 0.6) is 0 Å². The maximum absolute atomic E-state index is 11.3. The van der Waals surface area contributed by atoms with Crippen molar-refractivity contribution < 1.29 is 9.72 Å². The number of nitrogen functional groups attached to an aromatic ring is 1. The van der Waals surface area contributed by atoms with Gasteiger partial charge in [-0.3, -0.25) is 14.9 Å². The van der Waals surface area contributed by atoms with E-state index in [9.17, 15) is 25.4 Å². The quantitative estimate of drug-likeness (QED) is 0.457. The molecule has 0 aliphatic carbocycles. The van der Waals surface area contributed by atoms with Crippen LogP contribution >= 0.6 is 11.8 Å². The first kappa shape index (κ1) is 18.7. The molecular weight excluding hydrogens is 356 g/mol. The predicted octanol–water partition coefficient (Wildman–Crippen LogP) is 1.95. The zero-order valence-corrected chi connectivity index (χ0v) is 14.3. The molecule has 4 N–H and O–H groups in total. The van der Waals surface area contributed by atoms with Crippen molar-refractivity contribution in [3.8, 4) is 23.3 Å². The van der Waals surface area contributed by atoms with Gasteiger partial charge in [0.05, 0.1) is 15.7 Å². The van der Waals surface area contributed by atoms with Gasteiger partial charge in [-0.15, -0.1) is 0 Å². The van der Waals surface area contributed by atoms with Gasteiger partial charge in [0.25, 0.3) is 5.69 Å². The Bertz CT molecular complexity index is 975. The number of nitrogens with two attached hydrogens (primary N) is 2. The molecule has 0 bridgehead atoms. The third kappa shape index (κ3) is 3.55. The van der Waals surface area contributed by atoms with E-state index in [1.807, 2.05) is 12.1 Å². The van der Waals surface area contributed by atoms with Gasteiger partial charge in [-0.25, -0.2) is 4.98 Å². The van der Waals surface area contributed by atoms with Crippen LogP contribution in [0.4, 0.5) is 11.5 Å². The molecule has 1 amide bonds. The molecule has 10 heteroatoms. The molecule has 0 aliphatic heterocycles. The Kier molecular flexibility index (Phi) is 5.40. The molecule has 1 heterocycles. The highest BCUT2D eigenvalue weighted by atomic mass is 32.2. The highest BCUT2D eigenvalue weighted by molar-refractivity contribution is 8.00. The van der Waals surface area contributed by atoms with Gasteiger partial charge < -0.3 is 11.5 Å². The Morgan fingerprint density at radius 2 is 1.85 bits per heavy atom. The summed E-state index contributed by atoms with van der Waals surface area (Å²) in [6.07, 6.45) is 0. The number of carbonyl (C=O) groups is 1. The molecule has 0 saturated carbocycles. The van der Waals surface area contributed by atoms with E-state index in [0.717, 1.165) is 11.8 Å². The van der Waals surface area contributed by atoms with Gasteiger partial charge in [0.1, 0.15) is 28.5 Å². The summed E-state index contributed by atoms with van der Waals surface area (Å²) in [5.41, 5.74) is 11.6. The molecule has 0 fully saturated rings. The van der Waals surface area contributed by atoms with Crippen molar-refractivity contribution in [3.05, 3.63) is 45.5 Å². The molecule has 1 aromatic carbocycles. The Morgan fingerprint density at radius 3 is 2.31 bits per heavy atom. The minimum Gasteiger partial charge on any atom is -0.383 e. The molecule has 26 heavy (non-hydrogen) atoms. The fourth-order valence-electron chi connectivity index (χ4n) is 2.15. The van der Waals surface area contributed by atoms with E-state index in [0.29, 0.717) is 5.56 Å². The average Bonchev–Trinajstić information content (AvgIpc) is 2.61. The van der Waals surface area contributed by atoms with Crippen LogP contribution in [0.15, 0.2) is 29.3 Å². The highest BCUT2D eigenvalue weighted by Gasteiger charge is 2.23. The number of primary amides is 1. The molecule has 1 atom stereocenters. The van der Waals surface area contributed by atoms with Crippen LogP contribution in [-0.4, -0.2) is 21.1 Å². The SMILES string of the molecule is CC(Sc1nc(N)c(C#N)c(-c2ccc([N+](=O)[O-])cc2)c1C#N)C(N)=O. The second-order valence-electron chi connectivity index (χ2n) is 5.12. The molecular formula is C16H12N6O3S. The third-order valence-corrected chi connectivity index (χ3v) is 4.58. The minimum atomic E-state index is -0.674. The number of nitrogens with zero attached hydrogens (tertiary/aromatic N) is 4. The zero-order chi connectivity index (χ0) is 19.4. The smallest absolute Gasteiger partial charge is 0.269 e. The number of nitriles is 2. The van der Waals surface area contributed by atoms with Crippen LogP contribution in [-0.2, 0) is 4.79 Å². The van der Waals surface area contributed by atoms with Crippen LogP contribution in [0.3, 0.4) is 0 Å². The number of benzene rings is 1. The van der Waals surface area contributed by atoms with E-state index in [1.54, 1.807) is 6.92 Å². The van der Waals surface area contributed by atoms with Gasteiger partial charge >= 0.3 is 0 Å². The summed E-state index contributed by atoms with van der Waals surface area (Å²) in [5.74, 6) is -0.709. The minimum absolute atomic E-state index is 0.0218. The lowest BCUT2D eigenvalue weighted by atomic mass is 9.96. The van der Waals surface area contributed by atoms with Gasteiger partial charge in [-0.05, 0) is 24.6 Å². The lowest BCUT2D eigenvalue weighted by Crippen LogP contribution is -2.23. The number of hydrogen-bond acceptors (Lipinski definition) is 8. The standard InChI is InChI=1S/C16H12N6O3S/c1-8(15(20)23)26-16-12(7-18)13(11(6-17)14(19)21-16)9-2-4-10(5-3-9)22(24)25/h2-5,8H,1H3,(H2,19,21)(H2,20,23). The Labute approximate surface area is 152 Å². The van der Waals surface area contributed by atoms with Gasteiger partial charge in [-0.2, -0.15) is 10.5 Å². The van der Waals surface area contributed by atoms with E-state index < -0.39 is 16.1 Å². The molecule has 0 spiro atoms. The summed E-state index contributed by atoms with van der Waals surface area (Å²) in [7, 11) is 0. The van der Waals surface area contributed by atoms with Crippen LogP contribution in [0.1, 0.15) is 18.1 Å². The lowest BCUT2D eigenvalue weighted by molar-refractivity contribution is -0.384. The number of rotatable bonds is 5. The van der Waals surface area contributed by atoms with Crippen molar-refractivity contribution in [1.29, 1.82) is 10.5 Å². The first-order chi connectivity index (χ1) is 12.3. The topological polar surface area (TPSA) is 173 Å². The Morgan fingerprint density at radius 1 is 1.27 bits per heavy atom. The van der Waals surface area contributed by atoms with E-state index in [-0.39, 0.29) is 33.2 Å². The number of amides is 1. The maximum atomic E-state index is 11.3. The summed E-state index contributed by atoms with van der Waals surface area (Å²) in [5, 5.41) is 29.3. The first-order valence-corrected chi connectivity index (χ1v) is 8.02. The van der Waals surface area contributed by atoms with E-state index >= 15 is 0 Å². The third-order valence-electron chi connectivity index (χ3n) is 3.47. The van der Waals surface area contributed by atoms with E-state index in [2.05, 4.69) is 4.98 Å². The molecule has 0 radical (unpaired) electrons. The molecule has 0 aliphatic rings. The number of non-ortho nitro benzene ring substituents is 1. The van der Waals surface area contributed by atoms with Crippen molar-refractivity contribution in [2.45, 2.75) is 17.2 Å². The van der Waals surface area contributed by atoms with Crippen molar-refractivity contribution in [2.24, 2.45) is 5.73 Å². The average molecular weight is 368 g/mol. The molecule has 1 unspecified atom stereocenters. The largest absolute Gasteiger partial charge is 0.383 e. The number of nitro benzene ring substituents is 1. The van der Waals surface area contributed by atoms with Crippen LogP contribution in [0.2, 0.25) is 0 Å². The first-order valence-electron chi connectivity index (χ1n) is 7.14. The summed E-state index contributed by atoms with van der Waals surface area (Å²) in [6, 6.07) is 9.22. The maximum Gasteiger partial charge on any atom is 0.269 e. The van der Waals surface area contributed by atoms with Gasteiger partial charge in [-0.1, -0.05) is 11.8 Å². The molecule has 2 aromatic rings. The number of anilines is 1. The van der Waals surface area contributed by atoms with Crippen LogP contribution in [0.25, 0.3) is 11.1 Å². The monoisotopic (exact) mass is 368 g/mol. The lowest BCUT2D eigenvalue weighted by Gasteiger charge is -2.14. The predicted molar refractivity (Wildman–Crippen MR) is 94.7 cm³/mol. The fraction of sp³-hybridized carbons (Fsp3) is 0.125. The zero-order valence-electron chi connectivity index (χ0n) is 13.5. The number of pyridine rings is 1. The van der Waals surface area contributed by atoms with Crippen molar-refractivity contribution in [1.82, 2.24) is 4.98 Å². The van der Waals surface area contributed by atoms with E-state index in [1.165, 1.54) is 24.3 Å². The molecule has 1 aromatic heterocycles. The number of thioether (sulfide) groups is 1. The van der Waals surface area contributed by atoms with E-state index in [4.69, 9.17) is 11.5 Å². The normalized spacial score (nSPS) is 11.2. The van der Waals surface area contributed by atoms with Crippen molar-refractivity contribution in [3.63, 3.8) is 0 Å². The Balaban J connectivity index is 2.72. The summed E-state index contributed by atoms with van der Waals surface area (Å²) in [4.78, 5) is 25.6. The van der Waals surface area contributed by atoms with Crippen molar-refractivity contribution >= 4 is 29.2 Å². The van der Waals surface area contributed by atoms with Gasteiger partial charge in [0.15, 0.2) is 0 Å². The molecule has 2 rings (SSSR count).